The average molecular weight is 221 g/mol. The molecule has 0 spiro atoms. The summed E-state index contributed by atoms with van der Waals surface area (Å²) in [5, 5.41) is 8.68. The summed E-state index contributed by atoms with van der Waals surface area (Å²) < 4.78 is 0. The molecule has 0 radical (unpaired) electrons. The Morgan fingerprint density at radius 3 is 2.81 bits per heavy atom. The van der Waals surface area contributed by atoms with Crippen LogP contribution in [0.2, 0.25) is 0 Å². The number of carbonyl (C=O) groups is 2. The van der Waals surface area contributed by atoms with Gasteiger partial charge in [0, 0.05) is 12.1 Å². The first-order chi connectivity index (χ1) is 7.72. The lowest BCUT2D eigenvalue weighted by molar-refractivity contribution is -0.136. The van der Waals surface area contributed by atoms with Gasteiger partial charge >= 0.3 is 5.97 Å². The minimum Gasteiger partial charge on any atom is -0.481 e. The maximum absolute atomic E-state index is 10.9. The number of aliphatic carboxylic acids is 1. The molecule has 2 N–H and O–H groups in total. The molecule has 1 aromatic heterocycles. The number of hydrogen-bond acceptors (Lipinski definition) is 2. The lowest BCUT2D eigenvalue weighted by Crippen LogP contribution is -2.04. The molecule has 86 valence electrons. The molecular weight excluding hydrogens is 206 g/mol. The number of aryl methyl sites for hydroxylation is 1. The Labute approximate surface area is 93.7 Å². The van der Waals surface area contributed by atoms with Crippen molar-refractivity contribution in [2.24, 2.45) is 0 Å². The first kappa shape index (κ1) is 10.9. The van der Waals surface area contributed by atoms with Gasteiger partial charge in [-0.2, -0.15) is 0 Å². The number of H-pyrrole nitrogens is 1. The normalized spacial score (nSPS) is 14.5. The van der Waals surface area contributed by atoms with E-state index in [-0.39, 0.29) is 6.42 Å². The predicted molar refractivity (Wildman–Crippen MR) is 58.8 cm³/mol. The molecule has 1 heterocycles. The van der Waals surface area contributed by atoms with Crippen LogP contribution in [-0.2, 0) is 24.1 Å². The third kappa shape index (κ3) is 2.01. The Morgan fingerprint density at radius 1 is 1.38 bits per heavy atom. The summed E-state index contributed by atoms with van der Waals surface area (Å²) in [5.41, 5.74) is 3.82. The van der Waals surface area contributed by atoms with Crippen molar-refractivity contribution in [3.63, 3.8) is 0 Å². The third-order valence-electron chi connectivity index (χ3n) is 3.15. The van der Waals surface area contributed by atoms with E-state index in [0.29, 0.717) is 12.1 Å². The smallest absolute Gasteiger partial charge is 0.303 e. The number of aromatic nitrogens is 1. The number of nitrogens with one attached hydrogen (secondary N) is 1. The van der Waals surface area contributed by atoms with Gasteiger partial charge in [0.2, 0.25) is 0 Å². The molecular formula is C12H15NO3. The van der Waals surface area contributed by atoms with E-state index in [2.05, 4.69) is 4.98 Å². The second kappa shape index (κ2) is 4.51. The van der Waals surface area contributed by atoms with Crippen LogP contribution in [-0.4, -0.2) is 22.3 Å². The average Bonchev–Trinajstić information content (AvgIpc) is 2.64. The van der Waals surface area contributed by atoms with Crippen molar-refractivity contribution in [2.45, 2.75) is 38.5 Å². The maximum Gasteiger partial charge on any atom is 0.303 e. The summed E-state index contributed by atoms with van der Waals surface area (Å²) in [6.07, 6.45) is 5.56. The number of rotatable bonds is 4. The quantitative estimate of drug-likeness (QED) is 0.760. The van der Waals surface area contributed by atoms with Crippen LogP contribution in [0.4, 0.5) is 0 Å². The van der Waals surface area contributed by atoms with Crippen LogP contribution in [0.5, 0.6) is 0 Å². The number of carbonyl (C=O) groups excluding carboxylic acids is 1. The lowest BCUT2D eigenvalue weighted by Gasteiger charge is -2.12. The van der Waals surface area contributed by atoms with E-state index in [1.165, 1.54) is 5.56 Å². The van der Waals surface area contributed by atoms with Crippen molar-refractivity contribution >= 4 is 12.3 Å². The minimum atomic E-state index is -0.817. The van der Waals surface area contributed by atoms with Crippen LogP contribution in [0.3, 0.4) is 0 Å². The van der Waals surface area contributed by atoms with E-state index >= 15 is 0 Å². The molecule has 0 unspecified atom stereocenters. The van der Waals surface area contributed by atoms with Crippen LogP contribution in [0.1, 0.15) is 46.6 Å². The molecule has 0 atom stereocenters. The van der Waals surface area contributed by atoms with E-state index in [4.69, 9.17) is 5.11 Å². The van der Waals surface area contributed by atoms with E-state index in [1.54, 1.807) is 0 Å². The van der Waals surface area contributed by atoms with Crippen LogP contribution in [0.25, 0.3) is 0 Å². The van der Waals surface area contributed by atoms with Gasteiger partial charge < -0.3 is 10.1 Å². The van der Waals surface area contributed by atoms with Gasteiger partial charge in [-0.25, -0.2) is 0 Å². The fourth-order valence-electron chi connectivity index (χ4n) is 2.39. The number of carboxylic acid groups (broad SMARTS) is 1. The molecule has 0 amide bonds. The molecule has 2 rings (SSSR count). The fraction of sp³-hybridized carbons (Fsp3) is 0.500. The SMILES string of the molecule is O=Cc1[nH]c2c(c1CCC(=O)O)CCCC2. The zero-order valence-electron chi connectivity index (χ0n) is 9.08. The molecule has 0 fully saturated rings. The highest BCUT2D eigenvalue weighted by Crippen LogP contribution is 2.27. The molecule has 0 aliphatic heterocycles. The first-order valence-electron chi connectivity index (χ1n) is 5.62. The van der Waals surface area contributed by atoms with Gasteiger partial charge in [-0.3, -0.25) is 9.59 Å². The van der Waals surface area contributed by atoms with Gasteiger partial charge in [0.25, 0.3) is 0 Å². The van der Waals surface area contributed by atoms with Crippen LogP contribution >= 0.6 is 0 Å². The van der Waals surface area contributed by atoms with Crippen molar-refractivity contribution < 1.29 is 14.7 Å². The highest BCUT2D eigenvalue weighted by Gasteiger charge is 2.19. The number of aldehydes is 1. The fourth-order valence-corrected chi connectivity index (χ4v) is 2.39. The van der Waals surface area contributed by atoms with Gasteiger partial charge in [0.15, 0.2) is 6.29 Å². The van der Waals surface area contributed by atoms with E-state index < -0.39 is 5.97 Å². The molecule has 0 saturated heterocycles. The van der Waals surface area contributed by atoms with Crippen molar-refractivity contribution in [3.8, 4) is 0 Å². The number of carboxylic acids is 1. The Morgan fingerprint density at radius 2 is 2.12 bits per heavy atom. The molecule has 1 aliphatic rings. The van der Waals surface area contributed by atoms with E-state index in [9.17, 15) is 9.59 Å². The zero-order valence-corrected chi connectivity index (χ0v) is 9.08. The Balaban J connectivity index is 2.29. The molecule has 4 heteroatoms. The van der Waals surface area contributed by atoms with Gasteiger partial charge in [-0.15, -0.1) is 0 Å². The topological polar surface area (TPSA) is 70.2 Å². The molecule has 4 nitrogen and oxygen atoms in total. The zero-order chi connectivity index (χ0) is 11.5. The van der Waals surface area contributed by atoms with Crippen molar-refractivity contribution in [1.29, 1.82) is 0 Å². The molecule has 16 heavy (non-hydrogen) atoms. The van der Waals surface area contributed by atoms with E-state index in [1.807, 2.05) is 0 Å². The number of aromatic amines is 1. The Bertz CT molecular complexity index is 420. The standard InChI is InChI=1S/C12H15NO3/c14-7-11-9(5-6-12(15)16)8-3-1-2-4-10(8)13-11/h7,13H,1-6H2,(H,15,16). The molecule has 0 aromatic carbocycles. The summed E-state index contributed by atoms with van der Waals surface area (Å²) >= 11 is 0. The van der Waals surface area contributed by atoms with Crippen molar-refractivity contribution in [1.82, 2.24) is 4.98 Å². The highest BCUT2D eigenvalue weighted by atomic mass is 16.4. The van der Waals surface area contributed by atoms with Crippen molar-refractivity contribution in [3.05, 3.63) is 22.5 Å². The van der Waals surface area contributed by atoms with Gasteiger partial charge in [-0.1, -0.05) is 0 Å². The summed E-state index contributed by atoms with van der Waals surface area (Å²) in [6, 6.07) is 0. The highest BCUT2D eigenvalue weighted by molar-refractivity contribution is 5.77. The lowest BCUT2D eigenvalue weighted by atomic mass is 9.93. The summed E-state index contributed by atoms with van der Waals surface area (Å²) in [5.74, 6) is -0.817. The van der Waals surface area contributed by atoms with Gasteiger partial charge in [0.1, 0.15) is 0 Å². The number of hydrogen-bond donors (Lipinski definition) is 2. The summed E-state index contributed by atoms with van der Waals surface area (Å²) in [7, 11) is 0. The van der Waals surface area contributed by atoms with Crippen LogP contribution < -0.4 is 0 Å². The maximum atomic E-state index is 10.9. The molecule has 1 aliphatic carbocycles. The summed E-state index contributed by atoms with van der Waals surface area (Å²) in [6.45, 7) is 0. The monoisotopic (exact) mass is 221 g/mol. The molecule has 1 aromatic rings. The predicted octanol–water partition coefficient (Wildman–Crippen LogP) is 1.72. The van der Waals surface area contributed by atoms with Crippen LogP contribution in [0.15, 0.2) is 0 Å². The van der Waals surface area contributed by atoms with E-state index in [0.717, 1.165) is 43.2 Å². The van der Waals surface area contributed by atoms with Crippen LogP contribution in [0, 0.1) is 0 Å². The van der Waals surface area contributed by atoms with Gasteiger partial charge in [-0.05, 0) is 43.2 Å². The third-order valence-corrected chi connectivity index (χ3v) is 3.15. The second-order valence-electron chi connectivity index (χ2n) is 4.19. The summed E-state index contributed by atoms with van der Waals surface area (Å²) in [4.78, 5) is 24.6. The molecule has 0 bridgehead atoms. The molecule has 0 saturated carbocycles. The van der Waals surface area contributed by atoms with Crippen molar-refractivity contribution in [2.75, 3.05) is 0 Å². The minimum absolute atomic E-state index is 0.0884. The van der Waals surface area contributed by atoms with Gasteiger partial charge in [0.05, 0.1) is 5.69 Å². The Kier molecular flexibility index (Phi) is 3.08. The second-order valence-corrected chi connectivity index (χ2v) is 4.19. The number of fused-ring (bicyclic) bond motifs is 1. The Hall–Kier alpha value is -1.58. The largest absolute Gasteiger partial charge is 0.481 e. The first-order valence-corrected chi connectivity index (χ1v) is 5.62.